The molecule has 0 bridgehead atoms. The van der Waals surface area contributed by atoms with Crippen LogP contribution in [0.15, 0.2) is 0 Å². The third-order valence-electron chi connectivity index (χ3n) is 0.756. The Labute approximate surface area is 68.1 Å². The number of rotatable bonds is 3. The van der Waals surface area contributed by atoms with E-state index in [2.05, 4.69) is 0 Å². The first-order chi connectivity index (χ1) is 3.81. The SMILES string of the molecule is CCCOC(=O)CC.[Li]. The molecular formula is C6H12LiO2. The zero-order valence-corrected chi connectivity index (χ0v) is 6.44. The summed E-state index contributed by atoms with van der Waals surface area (Å²) >= 11 is 0. The van der Waals surface area contributed by atoms with Crippen molar-refractivity contribution in [2.75, 3.05) is 6.61 Å². The van der Waals surface area contributed by atoms with Crippen LogP contribution >= 0.6 is 0 Å². The second kappa shape index (κ2) is 8.07. The molecule has 0 saturated heterocycles. The van der Waals surface area contributed by atoms with Gasteiger partial charge in [-0.1, -0.05) is 13.8 Å². The average Bonchev–Trinajstić information content (AvgIpc) is 1.83. The molecule has 0 atom stereocenters. The second-order valence-corrected chi connectivity index (χ2v) is 1.57. The van der Waals surface area contributed by atoms with Gasteiger partial charge in [0.05, 0.1) is 6.61 Å². The van der Waals surface area contributed by atoms with Gasteiger partial charge in [-0.05, 0) is 6.42 Å². The maximum Gasteiger partial charge on any atom is 0.305 e. The molecule has 49 valence electrons. The van der Waals surface area contributed by atoms with E-state index in [1.807, 2.05) is 6.92 Å². The van der Waals surface area contributed by atoms with Crippen molar-refractivity contribution in [3.05, 3.63) is 0 Å². The molecule has 0 amide bonds. The normalized spacial score (nSPS) is 7.78. The van der Waals surface area contributed by atoms with Crippen LogP contribution in [0.5, 0.6) is 0 Å². The summed E-state index contributed by atoms with van der Waals surface area (Å²) in [6.45, 7) is 4.33. The molecule has 0 rings (SSSR count). The third-order valence-corrected chi connectivity index (χ3v) is 0.756. The van der Waals surface area contributed by atoms with E-state index in [0.29, 0.717) is 13.0 Å². The second-order valence-electron chi connectivity index (χ2n) is 1.57. The van der Waals surface area contributed by atoms with Crippen LogP contribution in [0.2, 0.25) is 0 Å². The summed E-state index contributed by atoms with van der Waals surface area (Å²) in [5.74, 6) is -0.105. The van der Waals surface area contributed by atoms with Gasteiger partial charge in [-0.25, -0.2) is 0 Å². The van der Waals surface area contributed by atoms with E-state index in [-0.39, 0.29) is 24.8 Å². The van der Waals surface area contributed by atoms with E-state index in [1.165, 1.54) is 0 Å². The van der Waals surface area contributed by atoms with Crippen LogP contribution in [0.25, 0.3) is 0 Å². The maximum atomic E-state index is 10.3. The van der Waals surface area contributed by atoms with E-state index in [4.69, 9.17) is 4.74 Å². The first-order valence-electron chi connectivity index (χ1n) is 2.96. The minimum atomic E-state index is -0.105. The Kier molecular flexibility index (Phi) is 10.6. The van der Waals surface area contributed by atoms with Crippen LogP contribution in [0, 0.1) is 0 Å². The molecule has 0 aliphatic heterocycles. The van der Waals surface area contributed by atoms with Crippen molar-refractivity contribution < 1.29 is 9.53 Å². The van der Waals surface area contributed by atoms with Crippen LogP contribution in [0.1, 0.15) is 26.7 Å². The molecule has 1 radical (unpaired) electrons. The molecule has 0 aliphatic carbocycles. The van der Waals surface area contributed by atoms with Gasteiger partial charge in [0.15, 0.2) is 0 Å². The Morgan fingerprint density at radius 1 is 1.44 bits per heavy atom. The van der Waals surface area contributed by atoms with E-state index in [1.54, 1.807) is 6.92 Å². The number of hydrogen-bond acceptors (Lipinski definition) is 2. The molecule has 3 heteroatoms. The summed E-state index contributed by atoms with van der Waals surface area (Å²) in [6, 6.07) is 0. The summed E-state index contributed by atoms with van der Waals surface area (Å²) in [7, 11) is 0. The van der Waals surface area contributed by atoms with Gasteiger partial charge >= 0.3 is 5.97 Å². The summed E-state index contributed by atoms with van der Waals surface area (Å²) in [4.78, 5) is 10.3. The Morgan fingerprint density at radius 3 is 2.33 bits per heavy atom. The van der Waals surface area contributed by atoms with Gasteiger partial charge in [0, 0.05) is 25.3 Å². The number of esters is 1. The van der Waals surface area contributed by atoms with Crippen molar-refractivity contribution in [1.29, 1.82) is 0 Å². The molecule has 0 aromatic rings. The third kappa shape index (κ3) is 8.07. The average molecular weight is 123 g/mol. The minimum Gasteiger partial charge on any atom is -0.466 e. The molecule has 0 spiro atoms. The Balaban J connectivity index is 0. The van der Waals surface area contributed by atoms with E-state index < -0.39 is 0 Å². The summed E-state index contributed by atoms with van der Waals surface area (Å²) in [5, 5.41) is 0. The maximum absolute atomic E-state index is 10.3. The van der Waals surface area contributed by atoms with Crippen LogP contribution in [-0.2, 0) is 9.53 Å². The number of ether oxygens (including phenoxy) is 1. The van der Waals surface area contributed by atoms with Crippen LogP contribution in [0.4, 0.5) is 0 Å². The largest absolute Gasteiger partial charge is 0.466 e. The Morgan fingerprint density at radius 2 is 2.00 bits per heavy atom. The molecule has 9 heavy (non-hydrogen) atoms. The van der Waals surface area contributed by atoms with E-state index in [9.17, 15) is 4.79 Å². The summed E-state index contributed by atoms with van der Waals surface area (Å²) in [5.41, 5.74) is 0. The smallest absolute Gasteiger partial charge is 0.305 e. The molecule has 0 aliphatic rings. The fourth-order valence-corrected chi connectivity index (χ4v) is 0.318. The van der Waals surface area contributed by atoms with Crippen LogP contribution in [0.3, 0.4) is 0 Å². The first kappa shape index (κ1) is 11.8. The zero-order chi connectivity index (χ0) is 6.41. The molecule has 0 fully saturated rings. The van der Waals surface area contributed by atoms with Crippen molar-refractivity contribution in [2.24, 2.45) is 0 Å². The van der Waals surface area contributed by atoms with Crippen LogP contribution in [-0.4, -0.2) is 31.4 Å². The van der Waals surface area contributed by atoms with E-state index in [0.717, 1.165) is 6.42 Å². The Hall–Kier alpha value is 0.0674. The quantitative estimate of drug-likeness (QED) is 0.413. The van der Waals surface area contributed by atoms with Gasteiger partial charge in [0.2, 0.25) is 0 Å². The van der Waals surface area contributed by atoms with Gasteiger partial charge in [-0.3, -0.25) is 4.79 Å². The molecule has 0 N–H and O–H groups in total. The number of hydrogen-bond donors (Lipinski definition) is 0. The molecule has 0 heterocycles. The fourth-order valence-electron chi connectivity index (χ4n) is 0.318. The number of carbonyl (C=O) groups is 1. The van der Waals surface area contributed by atoms with Crippen LogP contribution < -0.4 is 0 Å². The van der Waals surface area contributed by atoms with Gasteiger partial charge < -0.3 is 4.74 Å². The predicted molar refractivity (Wildman–Crippen MR) is 37.3 cm³/mol. The molecular weight excluding hydrogens is 111 g/mol. The van der Waals surface area contributed by atoms with E-state index >= 15 is 0 Å². The Bertz CT molecular complexity index is 73.5. The fraction of sp³-hybridized carbons (Fsp3) is 0.833. The standard InChI is InChI=1S/C6H12O2.Li/c1-3-5-8-6(7)4-2;/h3-5H2,1-2H3;. The monoisotopic (exact) mass is 123 g/mol. The van der Waals surface area contributed by atoms with Gasteiger partial charge in [-0.15, -0.1) is 0 Å². The molecule has 0 aromatic carbocycles. The van der Waals surface area contributed by atoms with Crippen molar-refractivity contribution in [3.63, 3.8) is 0 Å². The summed E-state index contributed by atoms with van der Waals surface area (Å²) in [6.07, 6.45) is 1.39. The van der Waals surface area contributed by atoms with Crippen molar-refractivity contribution in [3.8, 4) is 0 Å². The van der Waals surface area contributed by atoms with Gasteiger partial charge in [0.1, 0.15) is 0 Å². The molecule has 2 nitrogen and oxygen atoms in total. The zero-order valence-electron chi connectivity index (χ0n) is 6.44. The molecule has 0 aromatic heterocycles. The topological polar surface area (TPSA) is 26.3 Å². The molecule has 0 unspecified atom stereocenters. The minimum absolute atomic E-state index is 0. The van der Waals surface area contributed by atoms with Gasteiger partial charge in [-0.2, -0.15) is 0 Å². The van der Waals surface area contributed by atoms with Crippen molar-refractivity contribution in [2.45, 2.75) is 26.7 Å². The van der Waals surface area contributed by atoms with Gasteiger partial charge in [0.25, 0.3) is 0 Å². The van der Waals surface area contributed by atoms with Crippen molar-refractivity contribution >= 4 is 24.8 Å². The number of carbonyl (C=O) groups excluding carboxylic acids is 1. The summed E-state index contributed by atoms with van der Waals surface area (Å²) < 4.78 is 4.70. The van der Waals surface area contributed by atoms with Crippen molar-refractivity contribution in [1.82, 2.24) is 0 Å². The predicted octanol–water partition coefficient (Wildman–Crippen LogP) is 0.969. The first-order valence-corrected chi connectivity index (χ1v) is 2.96. The molecule has 0 saturated carbocycles.